The molecule has 0 heterocycles. The highest BCUT2D eigenvalue weighted by atomic mass is 15.2. The van der Waals surface area contributed by atoms with Crippen LogP contribution in [-0.4, -0.2) is 6.04 Å². The Morgan fingerprint density at radius 1 is 0.591 bits per heavy atom. The minimum atomic E-state index is 0.512. The lowest BCUT2D eigenvalue weighted by Crippen LogP contribution is -2.36. The zero-order valence-corrected chi connectivity index (χ0v) is 27.3. The molecule has 6 rings (SSSR count). The van der Waals surface area contributed by atoms with Gasteiger partial charge in [0.05, 0.1) is 0 Å². The SMILES string of the molecule is CC1=CCCC(N(c2ccc(-c3ccc(N(c4cccc(C)c4)c4cccc(C)c4)cc3C)c(C)c2)[C@H]2CCC=C(C)C2)=C1. The van der Waals surface area contributed by atoms with E-state index in [-0.39, 0.29) is 0 Å². The molecule has 0 spiro atoms. The summed E-state index contributed by atoms with van der Waals surface area (Å²) in [5.74, 6) is 0. The van der Waals surface area contributed by atoms with Crippen LogP contribution < -0.4 is 9.80 Å². The van der Waals surface area contributed by atoms with Gasteiger partial charge >= 0.3 is 0 Å². The van der Waals surface area contributed by atoms with Gasteiger partial charge in [0, 0.05) is 34.5 Å². The first-order valence-electron chi connectivity index (χ1n) is 16.2. The van der Waals surface area contributed by atoms with Crippen LogP contribution in [0.2, 0.25) is 0 Å². The van der Waals surface area contributed by atoms with Crippen molar-refractivity contribution in [1.29, 1.82) is 0 Å². The number of benzene rings is 4. The zero-order valence-electron chi connectivity index (χ0n) is 27.3. The van der Waals surface area contributed by atoms with Crippen LogP contribution in [0.3, 0.4) is 0 Å². The summed E-state index contributed by atoms with van der Waals surface area (Å²) in [5, 5.41) is 0. The van der Waals surface area contributed by atoms with E-state index in [1.54, 1.807) is 0 Å². The van der Waals surface area contributed by atoms with E-state index < -0.39 is 0 Å². The predicted octanol–water partition coefficient (Wildman–Crippen LogP) is 12.0. The first-order valence-corrected chi connectivity index (χ1v) is 16.2. The van der Waals surface area contributed by atoms with Crippen molar-refractivity contribution < 1.29 is 0 Å². The Labute approximate surface area is 265 Å². The molecule has 0 saturated heterocycles. The van der Waals surface area contributed by atoms with E-state index in [9.17, 15) is 0 Å². The molecule has 44 heavy (non-hydrogen) atoms. The standard InChI is InChI=1S/C42H46N2/c1-29-11-7-15-35(23-29)43(36-16-8-12-30(2)24-36)39-19-21-41(33(5)27-39)42-22-20-40(28-34(42)6)44(37-17-9-13-31(3)25-37)38-18-10-14-32(4)26-38/h7-8,11-16,19-25,27-28,38H,9-10,17-18,26H2,1-6H3/t38-/m0/s1. The second kappa shape index (κ2) is 12.7. The molecular formula is C42H46N2. The smallest absolute Gasteiger partial charge is 0.0464 e. The highest BCUT2D eigenvalue weighted by molar-refractivity contribution is 5.81. The summed E-state index contributed by atoms with van der Waals surface area (Å²) in [6.45, 7) is 13.4. The normalized spacial score (nSPS) is 16.6. The second-order valence-electron chi connectivity index (χ2n) is 13.0. The van der Waals surface area contributed by atoms with Crippen LogP contribution in [0.1, 0.15) is 68.2 Å². The van der Waals surface area contributed by atoms with Crippen molar-refractivity contribution in [3.05, 3.63) is 142 Å². The van der Waals surface area contributed by atoms with Crippen molar-refractivity contribution in [3.63, 3.8) is 0 Å². The molecule has 0 amide bonds. The molecule has 4 aromatic carbocycles. The fourth-order valence-electron chi connectivity index (χ4n) is 7.11. The van der Waals surface area contributed by atoms with Crippen LogP contribution >= 0.6 is 0 Å². The molecule has 224 valence electrons. The zero-order chi connectivity index (χ0) is 30.8. The van der Waals surface area contributed by atoms with E-state index in [0.717, 1.165) is 19.3 Å². The van der Waals surface area contributed by atoms with Gasteiger partial charge in [-0.1, -0.05) is 59.7 Å². The third kappa shape index (κ3) is 6.31. The topological polar surface area (TPSA) is 6.48 Å². The lowest BCUT2D eigenvalue weighted by Gasteiger charge is -2.39. The Hall–Kier alpha value is -4.30. The maximum absolute atomic E-state index is 2.67. The van der Waals surface area contributed by atoms with Gasteiger partial charge in [0.1, 0.15) is 0 Å². The van der Waals surface area contributed by atoms with Crippen molar-refractivity contribution in [3.8, 4) is 11.1 Å². The van der Waals surface area contributed by atoms with Crippen LogP contribution in [0.4, 0.5) is 22.7 Å². The summed E-state index contributed by atoms with van der Waals surface area (Å²) in [5.41, 5.74) is 16.9. The van der Waals surface area contributed by atoms with Crippen molar-refractivity contribution in [2.45, 2.75) is 79.7 Å². The molecule has 0 fully saturated rings. The molecule has 0 aliphatic heterocycles. The molecule has 0 saturated carbocycles. The van der Waals surface area contributed by atoms with E-state index in [1.165, 1.54) is 85.8 Å². The van der Waals surface area contributed by atoms with Crippen LogP contribution in [0, 0.1) is 27.7 Å². The van der Waals surface area contributed by atoms with Gasteiger partial charge in [-0.15, -0.1) is 0 Å². The van der Waals surface area contributed by atoms with Gasteiger partial charge in [0.25, 0.3) is 0 Å². The summed E-state index contributed by atoms with van der Waals surface area (Å²) in [4.78, 5) is 5.04. The molecule has 2 aliphatic rings. The predicted molar refractivity (Wildman–Crippen MR) is 190 cm³/mol. The summed E-state index contributed by atoms with van der Waals surface area (Å²) in [6.07, 6.45) is 13.0. The van der Waals surface area contributed by atoms with Crippen molar-refractivity contribution in [1.82, 2.24) is 0 Å². The Morgan fingerprint density at radius 2 is 1.18 bits per heavy atom. The van der Waals surface area contributed by atoms with Crippen LogP contribution in [-0.2, 0) is 0 Å². The average molecular weight is 579 g/mol. The summed E-state index contributed by atoms with van der Waals surface area (Å²) in [6, 6.07) is 32.2. The van der Waals surface area contributed by atoms with Crippen molar-refractivity contribution >= 4 is 22.7 Å². The Balaban J connectivity index is 1.37. The molecule has 4 aromatic rings. The maximum atomic E-state index is 2.67. The Bertz CT molecular complexity index is 1720. The molecule has 0 radical (unpaired) electrons. The highest BCUT2D eigenvalue weighted by Gasteiger charge is 2.26. The Morgan fingerprint density at radius 3 is 1.75 bits per heavy atom. The number of hydrogen-bond acceptors (Lipinski definition) is 2. The quantitative estimate of drug-likeness (QED) is 0.201. The number of hydrogen-bond donors (Lipinski definition) is 0. The van der Waals surface area contributed by atoms with Gasteiger partial charge in [0.2, 0.25) is 0 Å². The van der Waals surface area contributed by atoms with E-state index in [4.69, 9.17) is 0 Å². The van der Waals surface area contributed by atoms with Crippen LogP contribution in [0.5, 0.6) is 0 Å². The average Bonchev–Trinajstić information content (AvgIpc) is 2.98. The molecule has 2 heteroatoms. The number of allylic oxidation sites excluding steroid dienone is 5. The minimum Gasteiger partial charge on any atom is -0.342 e. The van der Waals surface area contributed by atoms with E-state index >= 15 is 0 Å². The summed E-state index contributed by atoms with van der Waals surface area (Å²) >= 11 is 0. The Kier molecular flexibility index (Phi) is 8.62. The van der Waals surface area contributed by atoms with Gasteiger partial charge in [-0.05, 0) is 162 Å². The molecular weight excluding hydrogens is 532 g/mol. The first kappa shape index (κ1) is 29.8. The number of aryl methyl sites for hydroxylation is 4. The van der Waals surface area contributed by atoms with E-state index in [2.05, 4.69) is 154 Å². The molecule has 1 atom stereocenters. The van der Waals surface area contributed by atoms with Gasteiger partial charge in [0.15, 0.2) is 0 Å². The molecule has 2 nitrogen and oxygen atoms in total. The number of rotatable bonds is 7. The summed E-state index contributed by atoms with van der Waals surface area (Å²) < 4.78 is 0. The third-order valence-corrected chi connectivity index (χ3v) is 9.25. The largest absolute Gasteiger partial charge is 0.342 e. The molecule has 0 bridgehead atoms. The molecule has 2 aliphatic carbocycles. The monoisotopic (exact) mass is 578 g/mol. The van der Waals surface area contributed by atoms with Gasteiger partial charge in [-0.2, -0.15) is 0 Å². The molecule has 0 unspecified atom stereocenters. The number of nitrogens with zero attached hydrogens (tertiary/aromatic N) is 2. The van der Waals surface area contributed by atoms with Crippen molar-refractivity contribution in [2.75, 3.05) is 9.80 Å². The van der Waals surface area contributed by atoms with Crippen molar-refractivity contribution in [2.24, 2.45) is 0 Å². The lowest BCUT2D eigenvalue weighted by molar-refractivity contribution is 0.549. The fraction of sp³-hybridized carbons (Fsp3) is 0.286. The van der Waals surface area contributed by atoms with Crippen LogP contribution in [0.25, 0.3) is 11.1 Å². The molecule has 0 aromatic heterocycles. The highest BCUT2D eigenvalue weighted by Crippen LogP contribution is 2.40. The summed E-state index contributed by atoms with van der Waals surface area (Å²) in [7, 11) is 0. The lowest BCUT2D eigenvalue weighted by atomic mass is 9.91. The maximum Gasteiger partial charge on any atom is 0.0464 e. The minimum absolute atomic E-state index is 0.512. The van der Waals surface area contributed by atoms with Crippen LogP contribution in [0.15, 0.2) is 120 Å². The van der Waals surface area contributed by atoms with E-state index in [0.29, 0.717) is 6.04 Å². The molecule has 0 N–H and O–H groups in total. The van der Waals surface area contributed by atoms with Gasteiger partial charge in [-0.3, -0.25) is 0 Å². The van der Waals surface area contributed by atoms with Gasteiger partial charge in [-0.25, -0.2) is 0 Å². The second-order valence-corrected chi connectivity index (χ2v) is 13.0. The third-order valence-electron chi connectivity index (χ3n) is 9.25. The number of anilines is 4. The van der Waals surface area contributed by atoms with Gasteiger partial charge < -0.3 is 9.80 Å². The van der Waals surface area contributed by atoms with E-state index in [1.807, 2.05) is 0 Å². The fourth-order valence-corrected chi connectivity index (χ4v) is 7.11. The first-order chi connectivity index (χ1) is 21.3.